The van der Waals surface area contributed by atoms with Crippen LogP contribution in [0.5, 0.6) is 0 Å². The summed E-state index contributed by atoms with van der Waals surface area (Å²) in [6.45, 7) is 3.87. The van der Waals surface area contributed by atoms with Crippen LogP contribution in [0, 0.1) is 23.1 Å². The molecule has 3 aromatic rings. The lowest BCUT2D eigenvalue weighted by Gasteiger charge is -2.32. The third-order valence-corrected chi connectivity index (χ3v) is 6.37. The Balaban J connectivity index is 1.93. The SMILES string of the molecule is CC1CCN(c2nc(-c3ccc(C#N)c(F)c3)c(-c3ccc(N(C)C)cc3)c(=O)n2C)CC1. The Hall–Kier alpha value is -3.66. The van der Waals surface area contributed by atoms with Gasteiger partial charge in [0.2, 0.25) is 5.95 Å². The van der Waals surface area contributed by atoms with E-state index in [1.165, 1.54) is 12.1 Å². The summed E-state index contributed by atoms with van der Waals surface area (Å²) in [6, 6.07) is 13.9. The van der Waals surface area contributed by atoms with Crippen molar-refractivity contribution >= 4 is 11.6 Å². The van der Waals surface area contributed by atoms with Crippen molar-refractivity contribution in [1.82, 2.24) is 9.55 Å². The first-order chi connectivity index (χ1) is 15.8. The highest BCUT2D eigenvalue weighted by Gasteiger charge is 2.24. The van der Waals surface area contributed by atoms with E-state index in [-0.39, 0.29) is 11.1 Å². The van der Waals surface area contributed by atoms with Crippen LogP contribution >= 0.6 is 0 Å². The second-order valence-electron chi connectivity index (χ2n) is 8.92. The molecule has 0 bridgehead atoms. The Bertz CT molecular complexity index is 1270. The van der Waals surface area contributed by atoms with Crippen LogP contribution < -0.4 is 15.4 Å². The molecule has 0 unspecified atom stereocenters. The third kappa shape index (κ3) is 4.34. The molecule has 1 fully saturated rings. The van der Waals surface area contributed by atoms with Gasteiger partial charge in [-0.15, -0.1) is 0 Å². The average molecular weight is 446 g/mol. The summed E-state index contributed by atoms with van der Waals surface area (Å²) in [6.07, 6.45) is 2.06. The number of aromatic nitrogens is 2. The van der Waals surface area contributed by atoms with Gasteiger partial charge in [0.05, 0.1) is 16.8 Å². The lowest BCUT2D eigenvalue weighted by Crippen LogP contribution is -2.38. The van der Waals surface area contributed by atoms with E-state index >= 15 is 0 Å². The zero-order chi connectivity index (χ0) is 23.7. The second kappa shape index (κ2) is 9.07. The highest BCUT2D eigenvalue weighted by Crippen LogP contribution is 2.32. The molecule has 0 saturated carbocycles. The molecule has 6 nitrogen and oxygen atoms in total. The zero-order valence-electron chi connectivity index (χ0n) is 19.5. The van der Waals surface area contributed by atoms with E-state index < -0.39 is 5.82 Å². The molecule has 33 heavy (non-hydrogen) atoms. The van der Waals surface area contributed by atoms with E-state index in [1.54, 1.807) is 17.7 Å². The number of hydrogen-bond donors (Lipinski definition) is 0. The quantitative estimate of drug-likeness (QED) is 0.595. The van der Waals surface area contributed by atoms with Crippen LogP contribution in [0.25, 0.3) is 22.4 Å². The van der Waals surface area contributed by atoms with Crippen molar-refractivity contribution in [2.75, 3.05) is 37.0 Å². The standard InChI is InChI=1S/C26H28FN5O/c1-17-11-13-32(14-12-17)26-29-24(19-5-6-20(16-28)22(27)15-19)23(25(33)31(26)4)18-7-9-21(10-8-18)30(2)3/h5-10,15,17H,11-14H2,1-4H3. The molecular weight excluding hydrogens is 417 g/mol. The molecule has 4 rings (SSSR count). The maximum atomic E-state index is 14.5. The predicted octanol–water partition coefficient (Wildman–Crippen LogP) is 4.43. The molecule has 2 heterocycles. The number of nitrogens with zero attached hydrogens (tertiary/aromatic N) is 5. The molecule has 1 aromatic heterocycles. The van der Waals surface area contributed by atoms with Crippen LogP contribution in [0.4, 0.5) is 16.0 Å². The Morgan fingerprint density at radius 2 is 1.73 bits per heavy atom. The fourth-order valence-corrected chi connectivity index (χ4v) is 4.23. The van der Waals surface area contributed by atoms with Crippen molar-refractivity contribution in [3.8, 4) is 28.5 Å². The average Bonchev–Trinajstić information content (AvgIpc) is 2.81. The minimum Gasteiger partial charge on any atom is -0.378 e. The van der Waals surface area contributed by atoms with Gasteiger partial charge in [-0.2, -0.15) is 5.26 Å². The maximum Gasteiger partial charge on any atom is 0.263 e. The fourth-order valence-electron chi connectivity index (χ4n) is 4.23. The molecule has 0 aliphatic carbocycles. The van der Waals surface area contributed by atoms with Crippen molar-refractivity contribution in [3.05, 3.63) is 64.2 Å². The molecule has 0 N–H and O–H groups in total. The van der Waals surface area contributed by atoms with Crippen LogP contribution in [-0.2, 0) is 7.05 Å². The zero-order valence-corrected chi connectivity index (χ0v) is 19.5. The van der Waals surface area contributed by atoms with Gasteiger partial charge in [-0.25, -0.2) is 9.37 Å². The Labute approximate surface area is 193 Å². The van der Waals surface area contributed by atoms with Crippen LogP contribution in [0.3, 0.4) is 0 Å². The number of halogens is 1. The summed E-state index contributed by atoms with van der Waals surface area (Å²) in [7, 11) is 5.65. The maximum absolute atomic E-state index is 14.5. The molecule has 0 spiro atoms. The number of anilines is 2. The van der Waals surface area contributed by atoms with Crippen LogP contribution in [0.2, 0.25) is 0 Å². The highest BCUT2D eigenvalue weighted by atomic mass is 19.1. The van der Waals surface area contributed by atoms with Crippen molar-refractivity contribution in [2.45, 2.75) is 19.8 Å². The largest absolute Gasteiger partial charge is 0.378 e. The topological polar surface area (TPSA) is 65.2 Å². The number of hydrogen-bond acceptors (Lipinski definition) is 5. The van der Waals surface area contributed by atoms with Gasteiger partial charge in [0.15, 0.2) is 0 Å². The first-order valence-corrected chi connectivity index (χ1v) is 11.1. The van der Waals surface area contributed by atoms with E-state index in [0.717, 1.165) is 31.6 Å². The van der Waals surface area contributed by atoms with E-state index in [2.05, 4.69) is 11.8 Å². The molecule has 0 radical (unpaired) electrons. The lowest BCUT2D eigenvalue weighted by atomic mass is 9.98. The number of piperidine rings is 1. The smallest absolute Gasteiger partial charge is 0.263 e. The van der Waals surface area contributed by atoms with Gasteiger partial charge in [-0.3, -0.25) is 9.36 Å². The van der Waals surface area contributed by atoms with Crippen molar-refractivity contribution in [3.63, 3.8) is 0 Å². The Morgan fingerprint density at radius 1 is 1.09 bits per heavy atom. The molecule has 1 aliphatic heterocycles. The number of rotatable bonds is 4. The van der Waals surface area contributed by atoms with E-state index in [0.29, 0.717) is 34.3 Å². The van der Waals surface area contributed by atoms with E-state index in [4.69, 9.17) is 10.2 Å². The second-order valence-corrected chi connectivity index (χ2v) is 8.92. The first-order valence-electron chi connectivity index (χ1n) is 11.1. The summed E-state index contributed by atoms with van der Waals surface area (Å²) in [5.41, 5.74) is 2.82. The molecule has 0 amide bonds. The van der Waals surface area contributed by atoms with Gasteiger partial charge in [0, 0.05) is 45.5 Å². The van der Waals surface area contributed by atoms with Gasteiger partial charge in [-0.1, -0.05) is 25.1 Å². The summed E-state index contributed by atoms with van der Waals surface area (Å²) in [5.74, 6) is 0.597. The van der Waals surface area contributed by atoms with Crippen molar-refractivity contribution < 1.29 is 4.39 Å². The monoisotopic (exact) mass is 445 g/mol. The van der Waals surface area contributed by atoms with Gasteiger partial charge in [0.1, 0.15) is 11.9 Å². The van der Waals surface area contributed by atoms with E-state index in [1.807, 2.05) is 49.3 Å². The minimum atomic E-state index is -0.625. The molecular formula is C26H28FN5O. The Morgan fingerprint density at radius 3 is 2.30 bits per heavy atom. The fraction of sp³-hybridized carbons (Fsp3) is 0.346. The minimum absolute atomic E-state index is 0.0373. The van der Waals surface area contributed by atoms with Crippen LogP contribution in [0.1, 0.15) is 25.3 Å². The molecule has 2 aromatic carbocycles. The summed E-state index contributed by atoms with van der Waals surface area (Å²) >= 11 is 0. The van der Waals surface area contributed by atoms with Crippen molar-refractivity contribution in [1.29, 1.82) is 5.26 Å². The van der Waals surface area contributed by atoms with Crippen LogP contribution in [0.15, 0.2) is 47.3 Å². The van der Waals surface area contributed by atoms with Crippen LogP contribution in [-0.4, -0.2) is 36.7 Å². The van der Waals surface area contributed by atoms with Gasteiger partial charge < -0.3 is 9.80 Å². The number of nitriles is 1. The normalized spacial score (nSPS) is 14.2. The molecule has 0 atom stereocenters. The third-order valence-electron chi connectivity index (χ3n) is 6.37. The molecule has 7 heteroatoms. The van der Waals surface area contributed by atoms with E-state index in [9.17, 15) is 9.18 Å². The van der Waals surface area contributed by atoms with Gasteiger partial charge >= 0.3 is 0 Å². The lowest BCUT2D eigenvalue weighted by molar-refractivity contribution is 0.431. The molecule has 1 aliphatic rings. The predicted molar refractivity (Wildman–Crippen MR) is 130 cm³/mol. The molecule has 170 valence electrons. The first kappa shape index (κ1) is 22.5. The summed E-state index contributed by atoms with van der Waals surface area (Å²) < 4.78 is 16.1. The summed E-state index contributed by atoms with van der Waals surface area (Å²) in [4.78, 5) is 22.7. The highest BCUT2D eigenvalue weighted by molar-refractivity contribution is 5.82. The van der Waals surface area contributed by atoms with Gasteiger partial charge in [0.25, 0.3) is 5.56 Å². The molecule has 1 saturated heterocycles. The van der Waals surface area contributed by atoms with Crippen molar-refractivity contribution in [2.24, 2.45) is 13.0 Å². The summed E-state index contributed by atoms with van der Waals surface area (Å²) in [5, 5.41) is 9.13. The Kier molecular flexibility index (Phi) is 6.19. The number of benzene rings is 2. The van der Waals surface area contributed by atoms with Gasteiger partial charge in [-0.05, 0) is 48.6 Å².